The Balaban J connectivity index is 0.00000141. The number of aromatic nitrogens is 1. The Hall–Kier alpha value is -4.53. The minimum Gasteiger partial charge on any atom is -0.394 e. The number of pyridine rings is 1. The quantitative estimate of drug-likeness (QED) is 0.283. The third-order valence-corrected chi connectivity index (χ3v) is 5.90. The van der Waals surface area contributed by atoms with Gasteiger partial charge in [0.25, 0.3) is 0 Å². The van der Waals surface area contributed by atoms with Crippen LogP contribution in [0.4, 0.5) is 0 Å². The van der Waals surface area contributed by atoms with Gasteiger partial charge in [0.1, 0.15) is 11.4 Å². The van der Waals surface area contributed by atoms with Gasteiger partial charge in [-0.15, -0.1) is 0 Å². The molecule has 0 radical (unpaired) electrons. The number of hydrogen-bond acceptors (Lipinski definition) is 6. The smallest absolute Gasteiger partial charge is 0.248 e. The van der Waals surface area contributed by atoms with E-state index in [0.717, 1.165) is 27.6 Å². The number of nitrogens with one attached hydrogen (secondary N) is 2. The molecule has 176 valence electrons. The van der Waals surface area contributed by atoms with Crippen LogP contribution in [-0.2, 0) is 6.42 Å². The van der Waals surface area contributed by atoms with E-state index in [1.165, 1.54) is 6.07 Å². The standard InChI is InChI=1S/C27H21N3O3.H4NO/c28-23-25(27(33)21-6-2-1-5-20(21)26(23)32)29-15-14-16-8-10-17(11-9-16)19-7-3-4-18-12-13-22(31)30-24(18)19;1-2/h1-13,29H,14-15,28H2,(H,30,31);2H,1H3/q;+1. The number of ketones is 2. The zero-order valence-corrected chi connectivity index (χ0v) is 18.9. The molecule has 0 atom stereocenters. The van der Waals surface area contributed by atoms with Crippen molar-refractivity contribution in [2.24, 2.45) is 5.73 Å². The Morgan fingerprint density at radius 2 is 1.43 bits per heavy atom. The number of Topliss-reactive ketones (excluding diaryl/α,β-unsaturated/α-hetero) is 2. The first kappa shape index (κ1) is 23.6. The van der Waals surface area contributed by atoms with Gasteiger partial charge in [0.05, 0.1) is 5.52 Å². The number of carbonyl (C=O) groups is 2. The van der Waals surface area contributed by atoms with Crippen molar-refractivity contribution in [1.82, 2.24) is 10.3 Å². The van der Waals surface area contributed by atoms with E-state index in [-0.39, 0.29) is 28.5 Å². The van der Waals surface area contributed by atoms with Crippen molar-refractivity contribution in [2.75, 3.05) is 6.54 Å². The van der Waals surface area contributed by atoms with Gasteiger partial charge in [-0.1, -0.05) is 66.7 Å². The van der Waals surface area contributed by atoms with Crippen LogP contribution in [0.1, 0.15) is 26.3 Å². The molecule has 4 aromatic rings. The maximum atomic E-state index is 12.8. The van der Waals surface area contributed by atoms with Crippen LogP contribution in [-0.4, -0.2) is 28.3 Å². The second kappa shape index (κ2) is 10.2. The highest BCUT2D eigenvalue weighted by Crippen LogP contribution is 2.27. The van der Waals surface area contributed by atoms with Crippen molar-refractivity contribution in [3.8, 4) is 11.1 Å². The topological polar surface area (TPSA) is 153 Å². The highest BCUT2D eigenvalue weighted by Gasteiger charge is 2.30. The minimum atomic E-state index is -0.329. The lowest BCUT2D eigenvalue weighted by atomic mass is 9.90. The molecule has 0 saturated carbocycles. The largest absolute Gasteiger partial charge is 0.394 e. The van der Waals surface area contributed by atoms with Crippen molar-refractivity contribution < 1.29 is 20.7 Å². The average Bonchev–Trinajstić information content (AvgIpc) is 2.90. The van der Waals surface area contributed by atoms with Crippen molar-refractivity contribution in [3.63, 3.8) is 0 Å². The number of aromatic amines is 1. The van der Waals surface area contributed by atoms with Gasteiger partial charge in [0.2, 0.25) is 17.1 Å². The molecule has 0 bridgehead atoms. The van der Waals surface area contributed by atoms with E-state index < -0.39 is 0 Å². The van der Waals surface area contributed by atoms with E-state index in [0.29, 0.717) is 24.1 Å². The van der Waals surface area contributed by atoms with E-state index in [2.05, 4.69) is 16.2 Å². The van der Waals surface area contributed by atoms with Gasteiger partial charge in [-0.2, -0.15) is 0 Å². The number of carbonyl (C=O) groups excluding carboxylic acids is 2. The Kier molecular flexibility index (Phi) is 6.86. The molecule has 0 amide bonds. The molecular weight excluding hydrogens is 444 g/mol. The van der Waals surface area contributed by atoms with Crippen LogP contribution in [0.15, 0.2) is 95.1 Å². The summed E-state index contributed by atoms with van der Waals surface area (Å²) in [5, 5.41) is 10.8. The van der Waals surface area contributed by atoms with Crippen LogP contribution in [0.3, 0.4) is 0 Å². The highest BCUT2D eigenvalue weighted by molar-refractivity contribution is 6.26. The number of para-hydroxylation sites is 1. The summed E-state index contributed by atoms with van der Waals surface area (Å²) >= 11 is 0. The van der Waals surface area contributed by atoms with Crippen molar-refractivity contribution in [3.05, 3.63) is 117 Å². The van der Waals surface area contributed by atoms with Gasteiger partial charge in [-0.3, -0.25) is 14.4 Å². The molecule has 1 aliphatic carbocycles. The van der Waals surface area contributed by atoms with Gasteiger partial charge in [-0.25, -0.2) is 11.1 Å². The fraction of sp³-hybridized carbons (Fsp3) is 0.0741. The number of H-pyrrole nitrogens is 1. The number of benzene rings is 3. The minimum absolute atomic E-state index is 0.0426. The third kappa shape index (κ3) is 4.61. The van der Waals surface area contributed by atoms with Crippen LogP contribution in [0, 0.1) is 0 Å². The molecule has 8 heteroatoms. The molecule has 3 aromatic carbocycles. The lowest BCUT2D eigenvalue weighted by molar-refractivity contribution is -0.670. The molecule has 1 aliphatic rings. The zero-order valence-electron chi connectivity index (χ0n) is 18.9. The Bertz CT molecular complexity index is 1500. The molecule has 5 rings (SSSR count). The Labute approximate surface area is 200 Å². The monoisotopic (exact) mass is 469 g/mol. The zero-order chi connectivity index (χ0) is 24.9. The average molecular weight is 470 g/mol. The first-order valence-electron chi connectivity index (χ1n) is 11.0. The predicted molar refractivity (Wildman–Crippen MR) is 133 cm³/mol. The lowest BCUT2D eigenvalue weighted by Crippen LogP contribution is -2.42. The van der Waals surface area contributed by atoms with Crippen molar-refractivity contribution in [1.29, 1.82) is 0 Å². The first-order valence-corrected chi connectivity index (χ1v) is 11.0. The van der Waals surface area contributed by atoms with Gasteiger partial charge in [-0.05, 0) is 29.0 Å². The molecule has 1 aromatic heterocycles. The molecule has 8 N–H and O–H groups in total. The SMILES string of the molecule is NC1=C(NCCc2ccc(-c3cccc4ccc(=O)[nH]c34)cc2)C(=O)c2ccccc2C1=O.[NH3+]O. The molecule has 0 saturated heterocycles. The van der Waals surface area contributed by atoms with Gasteiger partial charge in [0.15, 0.2) is 0 Å². The van der Waals surface area contributed by atoms with E-state index in [4.69, 9.17) is 10.9 Å². The summed E-state index contributed by atoms with van der Waals surface area (Å²) in [4.78, 5) is 40.0. The molecule has 35 heavy (non-hydrogen) atoms. The van der Waals surface area contributed by atoms with Crippen LogP contribution in [0.25, 0.3) is 22.0 Å². The lowest BCUT2D eigenvalue weighted by Gasteiger charge is -2.19. The Morgan fingerprint density at radius 3 is 2.14 bits per heavy atom. The first-order chi connectivity index (χ1) is 17.0. The number of rotatable bonds is 5. The fourth-order valence-corrected chi connectivity index (χ4v) is 4.17. The summed E-state index contributed by atoms with van der Waals surface area (Å²) in [5.74, 6) is 1.66. The number of hydrogen-bond donors (Lipinski definition) is 5. The second-order valence-electron chi connectivity index (χ2n) is 7.96. The van der Waals surface area contributed by atoms with Gasteiger partial charge in [0, 0.05) is 29.3 Å². The summed E-state index contributed by atoms with van der Waals surface area (Å²) < 4.78 is 0. The summed E-state index contributed by atoms with van der Waals surface area (Å²) in [7, 11) is 0. The summed E-state index contributed by atoms with van der Waals surface area (Å²) in [5.41, 5.74) is 10.5. The summed E-state index contributed by atoms with van der Waals surface area (Å²) in [6.45, 7) is 0.457. The molecule has 8 nitrogen and oxygen atoms in total. The molecule has 0 spiro atoms. The normalized spacial score (nSPS) is 12.7. The number of nitrogens with two attached hydrogens (primary N) is 1. The van der Waals surface area contributed by atoms with Crippen molar-refractivity contribution >= 4 is 22.5 Å². The number of fused-ring (bicyclic) bond motifs is 2. The van der Waals surface area contributed by atoms with E-state index in [1.807, 2.05) is 48.5 Å². The number of quaternary nitrogens is 1. The van der Waals surface area contributed by atoms with E-state index in [9.17, 15) is 14.4 Å². The van der Waals surface area contributed by atoms with Crippen LogP contribution >= 0.6 is 0 Å². The second-order valence-corrected chi connectivity index (χ2v) is 7.96. The molecular formula is C27H25N4O4+. The third-order valence-electron chi connectivity index (χ3n) is 5.90. The molecule has 0 unspecified atom stereocenters. The van der Waals surface area contributed by atoms with Gasteiger partial charge >= 0.3 is 0 Å². The van der Waals surface area contributed by atoms with Crippen LogP contribution in [0.2, 0.25) is 0 Å². The maximum Gasteiger partial charge on any atom is 0.248 e. The maximum absolute atomic E-state index is 12.8. The molecule has 0 fully saturated rings. The Morgan fingerprint density at radius 1 is 0.771 bits per heavy atom. The molecule has 0 aliphatic heterocycles. The molecule has 1 heterocycles. The summed E-state index contributed by atoms with van der Waals surface area (Å²) in [6.07, 6.45) is 0.645. The van der Waals surface area contributed by atoms with E-state index >= 15 is 0 Å². The summed E-state index contributed by atoms with van der Waals surface area (Å²) in [6, 6.07) is 24.0. The van der Waals surface area contributed by atoms with E-state index in [1.54, 1.807) is 24.3 Å². The van der Waals surface area contributed by atoms with Gasteiger partial charge < -0.3 is 16.0 Å². The van der Waals surface area contributed by atoms with Crippen molar-refractivity contribution in [2.45, 2.75) is 6.42 Å². The van der Waals surface area contributed by atoms with Crippen LogP contribution < -0.4 is 22.5 Å². The highest BCUT2D eigenvalue weighted by atomic mass is 16.4. The van der Waals surface area contributed by atoms with Crippen LogP contribution in [0.5, 0.6) is 0 Å². The number of allylic oxidation sites excluding steroid dienone is 2. The predicted octanol–water partition coefficient (Wildman–Crippen LogP) is 2.19. The fourth-order valence-electron chi connectivity index (χ4n) is 4.17.